The van der Waals surface area contributed by atoms with E-state index >= 15 is 0 Å². The molecule has 0 N–H and O–H groups in total. The first-order valence-electron chi connectivity index (χ1n) is 7.54. The first-order chi connectivity index (χ1) is 12.1. The number of hydrogen-bond donors (Lipinski definition) is 0. The van der Waals surface area contributed by atoms with Crippen LogP contribution in [0.15, 0.2) is 52.2 Å². The number of rotatable bonds is 6. The van der Waals surface area contributed by atoms with E-state index in [4.69, 9.17) is 20.8 Å². The molecule has 0 spiro atoms. The number of thioether (sulfide) groups is 1. The number of furan rings is 1. The lowest BCUT2D eigenvalue weighted by Gasteiger charge is -2.11. The summed E-state index contributed by atoms with van der Waals surface area (Å²) in [7, 11) is 1.37. The van der Waals surface area contributed by atoms with Crippen LogP contribution in [0.1, 0.15) is 12.7 Å². The van der Waals surface area contributed by atoms with E-state index in [1.165, 1.54) is 18.9 Å². The number of esters is 1. The van der Waals surface area contributed by atoms with Crippen LogP contribution < -0.4 is 0 Å². The first-order valence-corrected chi connectivity index (χ1v) is 8.80. The topological polar surface area (TPSA) is 70.2 Å². The van der Waals surface area contributed by atoms with Gasteiger partial charge in [-0.3, -0.25) is 9.36 Å². The van der Waals surface area contributed by atoms with Crippen LogP contribution in [-0.2, 0) is 16.1 Å². The first kappa shape index (κ1) is 17.6. The molecule has 0 amide bonds. The predicted molar refractivity (Wildman–Crippen MR) is 95.6 cm³/mol. The Morgan fingerprint density at radius 2 is 2.08 bits per heavy atom. The summed E-state index contributed by atoms with van der Waals surface area (Å²) in [6.07, 6.45) is 1.62. The van der Waals surface area contributed by atoms with Gasteiger partial charge in [0, 0.05) is 10.6 Å². The van der Waals surface area contributed by atoms with Gasteiger partial charge in [-0.15, -0.1) is 10.2 Å². The molecule has 2 aromatic heterocycles. The minimum atomic E-state index is -0.400. The van der Waals surface area contributed by atoms with Crippen LogP contribution in [0.25, 0.3) is 11.4 Å². The highest BCUT2D eigenvalue weighted by Crippen LogP contribution is 2.28. The molecule has 0 aliphatic heterocycles. The van der Waals surface area contributed by atoms with Crippen LogP contribution in [0.2, 0.25) is 5.02 Å². The third kappa shape index (κ3) is 4.05. The van der Waals surface area contributed by atoms with E-state index in [9.17, 15) is 4.79 Å². The van der Waals surface area contributed by atoms with Gasteiger partial charge in [0.1, 0.15) is 11.0 Å². The second kappa shape index (κ2) is 7.76. The molecule has 3 rings (SSSR count). The highest BCUT2D eigenvalue weighted by atomic mass is 35.5. The molecular formula is C17H16ClN3O3S. The molecule has 0 bridgehead atoms. The van der Waals surface area contributed by atoms with Gasteiger partial charge in [-0.2, -0.15) is 0 Å². The molecule has 130 valence electrons. The molecule has 8 heteroatoms. The van der Waals surface area contributed by atoms with E-state index in [0.717, 1.165) is 11.3 Å². The Morgan fingerprint density at radius 1 is 1.32 bits per heavy atom. The molecule has 1 unspecified atom stereocenters. The number of methoxy groups -OCH3 is 1. The summed E-state index contributed by atoms with van der Waals surface area (Å²) >= 11 is 7.26. The molecule has 2 heterocycles. The van der Waals surface area contributed by atoms with Crippen LogP contribution >= 0.6 is 23.4 Å². The highest BCUT2D eigenvalue weighted by molar-refractivity contribution is 8.00. The molecule has 0 aliphatic rings. The van der Waals surface area contributed by atoms with Crippen LogP contribution in [-0.4, -0.2) is 33.1 Å². The second-order valence-corrected chi connectivity index (χ2v) is 7.01. The number of nitrogens with zero attached hydrogens (tertiary/aromatic N) is 3. The number of ether oxygens (including phenoxy) is 1. The predicted octanol–water partition coefficient (Wildman–Crippen LogP) is 3.89. The van der Waals surface area contributed by atoms with Crippen molar-refractivity contribution in [3.8, 4) is 11.4 Å². The fraction of sp³-hybridized carbons (Fsp3) is 0.235. The van der Waals surface area contributed by atoms with Crippen molar-refractivity contribution in [2.75, 3.05) is 7.11 Å². The van der Waals surface area contributed by atoms with E-state index in [2.05, 4.69) is 10.2 Å². The fourth-order valence-corrected chi connectivity index (χ4v) is 3.26. The lowest BCUT2D eigenvalue weighted by molar-refractivity contribution is -0.139. The van der Waals surface area contributed by atoms with Crippen LogP contribution in [0.4, 0.5) is 0 Å². The van der Waals surface area contributed by atoms with Gasteiger partial charge in [0.15, 0.2) is 11.0 Å². The van der Waals surface area contributed by atoms with Crippen molar-refractivity contribution in [1.82, 2.24) is 14.8 Å². The fourth-order valence-electron chi connectivity index (χ4n) is 2.26. The van der Waals surface area contributed by atoms with Gasteiger partial charge in [0.05, 0.1) is 19.9 Å². The molecular weight excluding hydrogens is 362 g/mol. The zero-order chi connectivity index (χ0) is 17.8. The molecule has 0 saturated carbocycles. The Kier molecular flexibility index (Phi) is 5.45. The zero-order valence-corrected chi connectivity index (χ0v) is 15.3. The van der Waals surface area contributed by atoms with Gasteiger partial charge in [0.25, 0.3) is 0 Å². The summed E-state index contributed by atoms with van der Waals surface area (Å²) in [6, 6.07) is 11.1. The number of aromatic nitrogens is 3. The molecule has 6 nitrogen and oxygen atoms in total. The van der Waals surface area contributed by atoms with E-state index in [0.29, 0.717) is 22.5 Å². The van der Waals surface area contributed by atoms with Gasteiger partial charge >= 0.3 is 5.97 Å². The van der Waals surface area contributed by atoms with E-state index in [1.54, 1.807) is 25.3 Å². The molecule has 0 saturated heterocycles. The normalized spacial score (nSPS) is 12.1. The Balaban J connectivity index is 1.97. The van der Waals surface area contributed by atoms with E-state index in [-0.39, 0.29) is 5.97 Å². The summed E-state index contributed by atoms with van der Waals surface area (Å²) in [6.45, 7) is 2.22. The Bertz CT molecular complexity index is 847. The van der Waals surface area contributed by atoms with Gasteiger partial charge < -0.3 is 9.15 Å². The molecule has 0 aliphatic carbocycles. The summed E-state index contributed by atoms with van der Waals surface area (Å²) in [5, 5.41) is 9.39. The van der Waals surface area contributed by atoms with Crippen molar-refractivity contribution >= 4 is 29.3 Å². The standard InChI is InChI=1S/C17H16ClN3O3S/c1-11(16(22)23-2)25-17-20-19-15(12-5-7-13(18)8-6-12)21(17)10-14-4-3-9-24-14/h3-9,11H,10H2,1-2H3. The number of benzene rings is 1. The van der Waals surface area contributed by atoms with E-state index in [1.807, 2.05) is 28.8 Å². The lowest BCUT2D eigenvalue weighted by Crippen LogP contribution is -2.16. The van der Waals surface area contributed by atoms with Gasteiger partial charge in [0.2, 0.25) is 0 Å². The summed E-state index contributed by atoms with van der Waals surface area (Å²) < 4.78 is 12.1. The Hall–Kier alpha value is -2.25. The maximum absolute atomic E-state index is 11.7. The minimum Gasteiger partial charge on any atom is -0.468 e. The number of carbonyl (C=O) groups is 1. The van der Waals surface area contributed by atoms with Gasteiger partial charge in [-0.1, -0.05) is 23.4 Å². The van der Waals surface area contributed by atoms with Crippen molar-refractivity contribution in [3.05, 3.63) is 53.4 Å². The van der Waals surface area contributed by atoms with Gasteiger partial charge in [-0.25, -0.2) is 0 Å². The van der Waals surface area contributed by atoms with Crippen molar-refractivity contribution in [1.29, 1.82) is 0 Å². The summed E-state index contributed by atoms with van der Waals surface area (Å²) in [5.74, 6) is 1.13. The second-order valence-electron chi connectivity index (χ2n) is 5.26. The van der Waals surface area contributed by atoms with Crippen LogP contribution in [0, 0.1) is 0 Å². The summed E-state index contributed by atoms with van der Waals surface area (Å²) in [5.41, 5.74) is 0.876. The molecule has 3 aromatic rings. The molecule has 25 heavy (non-hydrogen) atoms. The van der Waals surface area contributed by atoms with Crippen molar-refractivity contribution < 1.29 is 13.9 Å². The lowest BCUT2D eigenvalue weighted by atomic mass is 10.2. The van der Waals surface area contributed by atoms with Crippen molar-refractivity contribution in [2.24, 2.45) is 0 Å². The average molecular weight is 378 g/mol. The van der Waals surface area contributed by atoms with Crippen molar-refractivity contribution in [3.63, 3.8) is 0 Å². The molecule has 0 radical (unpaired) electrons. The molecule has 1 aromatic carbocycles. The van der Waals surface area contributed by atoms with Crippen LogP contribution in [0.5, 0.6) is 0 Å². The third-order valence-electron chi connectivity index (χ3n) is 3.53. The quantitative estimate of drug-likeness (QED) is 0.479. The highest BCUT2D eigenvalue weighted by Gasteiger charge is 2.21. The minimum absolute atomic E-state index is 0.314. The maximum Gasteiger partial charge on any atom is 0.318 e. The number of carbonyl (C=O) groups excluding carboxylic acids is 1. The third-order valence-corrected chi connectivity index (χ3v) is 4.84. The smallest absolute Gasteiger partial charge is 0.318 e. The molecule has 1 atom stereocenters. The Labute approximate surface area is 154 Å². The monoisotopic (exact) mass is 377 g/mol. The maximum atomic E-state index is 11.7. The number of halogens is 1. The van der Waals surface area contributed by atoms with Gasteiger partial charge in [-0.05, 0) is 43.3 Å². The van der Waals surface area contributed by atoms with Crippen molar-refractivity contribution in [2.45, 2.75) is 23.9 Å². The average Bonchev–Trinajstić information content (AvgIpc) is 3.26. The van der Waals surface area contributed by atoms with Crippen LogP contribution in [0.3, 0.4) is 0 Å². The SMILES string of the molecule is COC(=O)C(C)Sc1nnc(-c2ccc(Cl)cc2)n1Cc1ccco1. The largest absolute Gasteiger partial charge is 0.468 e. The Morgan fingerprint density at radius 3 is 2.72 bits per heavy atom. The summed E-state index contributed by atoms with van der Waals surface area (Å²) in [4.78, 5) is 11.7. The number of hydrogen-bond acceptors (Lipinski definition) is 6. The molecule has 0 fully saturated rings. The van der Waals surface area contributed by atoms with E-state index < -0.39 is 5.25 Å². The zero-order valence-electron chi connectivity index (χ0n) is 13.7.